The Bertz CT molecular complexity index is 1130. The van der Waals surface area contributed by atoms with E-state index in [1.54, 1.807) is 0 Å². The molecule has 37 heavy (non-hydrogen) atoms. The third-order valence-corrected chi connectivity index (χ3v) is 7.68. The molecule has 0 radical (unpaired) electrons. The van der Waals surface area contributed by atoms with Gasteiger partial charge in [0.1, 0.15) is 11.7 Å². The summed E-state index contributed by atoms with van der Waals surface area (Å²) in [6.45, 7) is 8.72. The van der Waals surface area contributed by atoms with Gasteiger partial charge in [-0.1, -0.05) is 44.4 Å². The quantitative estimate of drug-likeness (QED) is 0.514. The molecule has 0 bridgehead atoms. The average molecular weight is 528 g/mol. The number of morpholine rings is 1. The number of amides is 2. The zero-order chi connectivity index (χ0) is 26.4. The van der Waals surface area contributed by atoms with Gasteiger partial charge in [0.15, 0.2) is 0 Å². The highest BCUT2D eigenvalue weighted by molar-refractivity contribution is 6.31. The molecule has 2 amide bonds. The number of hydrogen-bond donors (Lipinski definition) is 2. The van der Waals surface area contributed by atoms with Gasteiger partial charge >= 0.3 is 0 Å². The molecule has 2 N–H and O–H groups in total. The second-order valence-electron chi connectivity index (χ2n) is 10.6. The van der Waals surface area contributed by atoms with Gasteiger partial charge < -0.3 is 19.9 Å². The van der Waals surface area contributed by atoms with Crippen molar-refractivity contribution in [3.63, 3.8) is 0 Å². The van der Waals surface area contributed by atoms with Crippen LogP contribution in [-0.2, 0) is 16.1 Å². The van der Waals surface area contributed by atoms with Crippen LogP contribution in [0.2, 0.25) is 5.02 Å². The maximum Gasteiger partial charge on any atom is 0.268 e. The largest absolute Gasteiger partial charge is 0.379 e. The lowest BCUT2D eigenvalue weighted by molar-refractivity contribution is -0.127. The van der Waals surface area contributed by atoms with Gasteiger partial charge in [-0.3, -0.25) is 14.5 Å². The van der Waals surface area contributed by atoms with E-state index in [2.05, 4.69) is 21.6 Å². The molecular formula is C28H38ClN5O3. The summed E-state index contributed by atoms with van der Waals surface area (Å²) in [6, 6.07) is 9.01. The van der Waals surface area contributed by atoms with Crippen LogP contribution in [0.3, 0.4) is 0 Å². The predicted octanol–water partition coefficient (Wildman–Crippen LogP) is 3.97. The molecular weight excluding hydrogens is 490 g/mol. The maximum atomic E-state index is 13.6. The molecule has 1 aliphatic carbocycles. The van der Waals surface area contributed by atoms with Gasteiger partial charge in [-0.2, -0.15) is 5.26 Å². The number of fused-ring (bicyclic) bond motifs is 1. The molecule has 0 spiro atoms. The van der Waals surface area contributed by atoms with Crippen molar-refractivity contribution in [2.75, 3.05) is 32.8 Å². The number of nitrogens with one attached hydrogen (secondary N) is 2. The highest BCUT2D eigenvalue weighted by Gasteiger charge is 2.34. The van der Waals surface area contributed by atoms with Crippen molar-refractivity contribution >= 4 is 34.3 Å². The Labute approximate surface area is 224 Å². The molecule has 8 nitrogen and oxygen atoms in total. The first-order chi connectivity index (χ1) is 17.9. The van der Waals surface area contributed by atoms with Crippen molar-refractivity contribution in [2.24, 2.45) is 11.8 Å². The third-order valence-electron chi connectivity index (χ3n) is 7.44. The summed E-state index contributed by atoms with van der Waals surface area (Å²) in [7, 11) is 0. The van der Waals surface area contributed by atoms with Gasteiger partial charge in [0.05, 0.1) is 30.7 Å². The van der Waals surface area contributed by atoms with Crippen molar-refractivity contribution in [2.45, 2.75) is 64.6 Å². The van der Waals surface area contributed by atoms with E-state index < -0.39 is 6.04 Å². The Balaban J connectivity index is 1.51. The standard InChI is InChI=1S/C28H38ClN5O3/c1-19(2)15-22(18-30)31-27(35)23-5-3-4-6-24(23)32-28(36)26-16-20-7-8-21(29)17-25(20)34(26)10-9-33-11-13-37-14-12-33/h7-8,16-17,19,22-24H,3-6,9-15H2,1-2H3,(H,31,35)(H,32,36). The molecule has 1 saturated carbocycles. The molecule has 2 fully saturated rings. The maximum absolute atomic E-state index is 13.6. The van der Waals surface area contributed by atoms with Crippen LogP contribution >= 0.6 is 11.6 Å². The molecule has 2 aromatic rings. The van der Waals surface area contributed by atoms with Gasteiger partial charge in [0.2, 0.25) is 5.91 Å². The Kier molecular flexibility index (Phi) is 9.47. The van der Waals surface area contributed by atoms with E-state index in [1.807, 2.05) is 42.7 Å². The highest BCUT2D eigenvalue weighted by atomic mass is 35.5. The van der Waals surface area contributed by atoms with Crippen LogP contribution in [0.15, 0.2) is 24.3 Å². The van der Waals surface area contributed by atoms with E-state index >= 15 is 0 Å². The highest BCUT2D eigenvalue weighted by Crippen LogP contribution is 2.27. The van der Waals surface area contributed by atoms with Crippen LogP contribution < -0.4 is 10.6 Å². The Morgan fingerprint density at radius 3 is 2.65 bits per heavy atom. The van der Waals surface area contributed by atoms with Gasteiger partial charge in [-0.15, -0.1) is 0 Å². The van der Waals surface area contributed by atoms with Gasteiger partial charge in [0.25, 0.3) is 5.91 Å². The van der Waals surface area contributed by atoms with Crippen LogP contribution in [0.4, 0.5) is 0 Å². The third kappa shape index (κ3) is 7.04. The topological polar surface area (TPSA) is 99.4 Å². The number of aromatic nitrogens is 1. The van der Waals surface area contributed by atoms with Gasteiger partial charge in [-0.05, 0) is 43.4 Å². The molecule has 1 saturated heterocycles. The summed E-state index contributed by atoms with van der Waals surface area (Å²) < 4.78 is 7.51. The molecule has 200 valence electrons. The van der Waals surface area contributed by atoms with Crippen molar-refractivity contribution in [3.05, 3.63) is 35.0 Å². The minimum Gasteiger partial charge on any atom is -0.379 e. The Morgan fingerprint density at radius 1 is 1.16 bits per heavy atom. The SMILES string of the molecule is CC(C)CC(C#N)NC(=O)C1CCCCC1NC(=O)c1cc2ccc(Cl)cc2n1CCN1CCOCC1. The van der Waals surface area contributed by atoms with Crippen molar-refractivity contribution < 1.29 is 14.3 Å². The predicted molar refractivity (Wildman–Crippen MR) is 144 cm³/mol. The van der Waals surface area contributed by atoms with Crippen molar-refractivity contribution in [1.29, 1.82) is 5.26 Å². The summed E-state index contributed by atoms with van der Waals surface area (Å²) in [6.07, 6.45) is 3.94. The molecule has 2 heterocycles. The number of carbonyl (C=O) groups excluding carboxylic acids is 2. The number of rotatable bonds is 9. The van der Waals surface area contributed by atoms with E-state index in [0.29, 0.717) is 36.0 Å². The van der Waals surface area contributed by atoms with Crippen LogP contribution in [-0.4, -0.2) is 66.2 Å². The fourth-order valence-electron chi connectivity index (χ4n) is 5.48. The lowest BCUT2D eigenvalue weighted by Crippen LogP contribution is -2.50. The molecule has 1 aliphatic heterocycles. The van der Waals surface area contributed by atoms with Crippen molar-refractivity contribution in [1.82, 2.24) is 20.1 Å². The molecule has 9 heteroatoms. The first kappa shape index (κ1) is 27.4. The normalized spacial score (nSPS) is 21.5. The summed E-state index contributed by atoms with van der Waals surface area (Å²) >= 11 is 6.31. The smallest absolute Gasteiger partial charge is 0.268 e. The number of halogens is 1. The number of benzene rings is 1. The van der Waals surface area contributed by atoms with E-state index in [9.17, 15) is 14.9 Å². The zero-order valence-electron chi connectivity index (χ0n) is 21.8. The monoisotopic (exact) mass is 527 g/mol. The molecule has 3 unspecified atom stereocenters. The summed E-state index contributed by atoms with van der Waals surface area (Å²) in [5.41, 5.74) is 1.50. The summed E-state index contributed by atoms with van der Waals surface area (Å²) in [5, 5.41) is 17.2. The van der Waals surface area contributed by atoms with E-state index in [1.165, 1.54) is 0 Å². The molecule has 1 aromatic heterocycles. The zero-order valence-corrected chi connectivity index (χ0v) is 22.6. The second-order valence-corrected chi connectivity index (χ2v) is 11.1. The summed E-state index contributed by atoms with van der Waals surface area (Å²) in [5.74, 6) is -0.365. The first-order valence-corrected chi connectivity index (χ1v) is 13.8. The number of ether oxygens (including phenoxy) is 1. The van der Waals surface area contributed by atoms with Crippen molar-refractivity contribution in [3.8, 4) is 6.07 Å². The number of nitriles is 1. The van der Waals surface area contributed by atoms with E-state index in [4.69, 9.17) is 16.3 Å². The molecule has 4 rings (SSSR count). The number of carbonyl (C=O) groups is 2. The molecule has 2 aliphatic rings. The fraction of sp³-hybridized carbons (Fsp3) is 0.607. The lowest BCUT2D eigenvalue weighted by atomic mass is 9.83. The number of nitrogens with zero attached hydrogens (tertiary/aromatic N) is 3. The van der Waals surface area contributed by atoms with E-state index in [0.717, 1.165) is 63.0 Å². The van der Waals surface area contributed by atoms with Crippen LogP contribution in [0.5, 0.6) is 0 Å². The number of hydrogen-bond acceptors (Lipinski definition) is 5. The Morgan fingerprint density at radius 2 is 1.92 bits per heavy atom. The summed E-state index contributed by atoms with van der Waals surface area (Å²) in [4.78, 5) is 29.1. The van der Waals surface area contributed by atoms with Gasteiger partial charge in [0, 0.05) is 42.6 Å². The second kappa shape index (κ2) is 12.8. The minimum absolute atomic E-state index is 0.142. The van der Waals surface area contributed by atoms with Crippen LogP contribution in [0.25, 0.3) is 10.9 Å². The molecule has 3 atom stereocenters. The minimum atomic E-state index is -0.516. The fourth-order valence-corrected chi connectivity index (χ4v) is 5.64. The van der Waals surface area contributed by atoms with Gasteiger partial charge in [-0.25, -0.2) is 0 Å². The average Bonchev–Trinajstić information content (AvgIpc) is 3.25. The van der Waals surface area contributed by atoms with E-state index in [-0.39, 0.29) is 23.8 Å². The first-order valence-electron chi connectivity index (χ1n) is 13.5. The van der Waals surface area contributed by atoms with Crippen LogP contribution in [0.1, 0.15) is 56.4 Å². The Hall–Kier alpha value is -2.60. The lowest BCUT2D eigenvalue weighted by Gasteiger charge is -2.32. The van der Waals surface area contributed by atoms with Crippen LogP contribution in [0, 0.1) is 23.2 Å². The molecule has 1 aromatic carbocycles.